The summed E-state index contributed by atoms with van der Waals surface area (Å²) in [5.41, 5.74) is 0. The average molecular weight is 257 g/mol. The van der Waals surface area contributed by atoms with E-state index < -0.39 is 11.9 Å². The monoisotopic (exact) mass is 257 g/mol. The molecule has 0 bridgehead atoms. The summed E-state index contributed by atoms with van der Waals surface area (Å²) in [5.74, 6) is -1.47. The normalized spacial score (nSPS) is 20.9. The van der Waals surface area contributed by atoms with Crippen LogP contribution in [0.2, 0.25) is 0 Å². The van der Waals surface area contributed by atoms with Gasteiger partial charge in [-0.05, 0) is 33.9 Å². The molecule has 104 valence electrons. The van der Waals surface area contributed by atoms with Crippen molar-refractivity contribution in [3.63, 3.8) is 0 Å². The Hall–Kier alpha value is -1.30. The van der Waals surface area contributed by atoms with E-state index in [9.17, 15) is 9.59 Å². The number of aliphatic carboxylic acids is 1. The highest BCUT2D eigenvalue weighted by Gasteiger charge is 2.24. The molecule has 1 saturated heterocycles. The molecule has 0 spiro atoms. The van der Waals surface area contributed by atoms with Gasteiger partial charge in [-0.15, -0.1) is 0 Å². The maximum absolute atomic E-state index is 12.0. The van der Waals surface area contributed by atoms with Crippen LogP contribution in [0.5, 0.6) is 0 Å². The number of nitrogens with one attached hydrogen (secondary N) is 1. The minimum Gasteiger partial charge on any atom is -0.481 e. The van der Waals surface area contributed by atoms with Gasteiger partial charge in [0.15, 0.2) is 0 Å². The Morgan fingerprint density at radius 1 is 1.17 bits per heavy atom. The van der Waals surface area contributed by atoms with Gasteiger partial charge in [-0.25, -0.2) is 4.79 Å². The first kappa shape index (κ1) is 14.8. The second kappa shape index (κ2) is 6.58. The quantitative estimate of drug-likeness (QED) is 0.769. The highest BCUT2D eigenvalue weighted by molar-refractivity contribution is 5.76. The number of carboxylic acids is 1. The molecule has 2 atom stereocenters. The maximum atomic E-state index is 12.0. The van der Waals surface area contributed by atoms with Crippen molar-refractivity contribution in [2.45, 2.75) is 26.3 Å². The standard InChI is InChI=1S/C12H23N3O3/c1-9(11(16)17)10(2)13-12(18)15-6-4-5-14(3)7-8-15/h9-10H,4-8H2,1-3H3,(H,13,18)(H,16,17). The zero-order valence-corrected chi connectivity index (χ0v) is 11.3. The predicted octanol–water partition coefficient (Wildman–Crippen LogP) is 0.443. The van der Waals surface area contributed by atoms with Gasteiger partial charge in [0.1, 0.15) is 0 Å². The third kappa shape index (κ3) is 4.18. The summed E-state index contributed by atoms with van der Waals surface area (Å²) in [6.07, 6.45) is 0.951. The first-order valence-corrected chi connectivity index (χ1v) is 6.38. The van der Waals surface area contributed by atoms with Crippen LogP contribution in [0, 0.1) is 5.92 Å². The molecule has 6 heteroatoms. The molecule has 0 radical (unpaired) electrons. The predicted molar refractivity (Wildman–Crippen MR) is 68.5 cm³/mol. The lowest BCUT2D eigenvalue weighted by atomic mass is 10.0. The van der Waals surface area contributed by atoms with Crippen molar-refractivity contribution >= 4 is 12.0 Å². The maximum Gasteiger partial charge on any atom is 0.317 e. The SMILES string of the molecule is CC(NC(=O)N1CCCN(C)CC1)C(C)C(=O)O. The van der Waals surface area contributed by atoms with Crippen molar-refractivity contribution < 1.29 is 14.7 Å². The van der Waals surface area contributed by atoms with Crippen LogP contribution in [0.3, 0.4) is 0 Å². The average Bonchev–Trinajstić information content (AvgIpc) is 2.52. The summed E-state index contributed by atoms with van der Waals surface area (Å²) in [5, 5.41) is 11.6. The molecule has 0 saturated carbocycles. The topological polar surface area (TPSA) is 72.9 Å². The fourth-order valence-corrected chi connectivity index (χ4v) is 1.87. The summed E-state index contributed by atoms with van der Waals surface area (Å²) in [6.45, 7) is 6.59. The van der Waals surface area contributed by atoms with E-state index in [1.165, 1.54) is 0 Å². The van der Waals surface area contributed by atoms with Crippen LogP contribution in [-0.2, 0) is 4.79 Å². The number of hydrogen-bond donors (Lipinski definition) is 2. The van der Waals surface area contributed by atoms with Gasteiger partial charge in [-0.3, -0.25) is 4.79 Å². The fraction of sp³-hybridized carbons (Fsp3) is 0.833. The minimum absolute atomic E-state index is 0.161. The summed E-state index contributed by atoms with van der Waals surface area (Å²) in [7, 11) is 2.04. The molecule has 1 aliphatic heterocycles. The molecular formula is C12H23N3O3. The van der Waals surface area contributed by atoms with Gasteiger partial charge in [0.25, 0.3) is 0 Å². The van der Waals surface area contributed by atoms with E-state index in [1.54, 1.807) is 18.7 Å². The summed E-state index contributed by atoms with van der Waals surface area (Å²) in [4.78, 5) is 26.8. The number of amides is 2. The summed E-state index contributed by atoms with van der Waals surface area (Å²) < 4.78 is 0. The molecule has 1 heterocycles. The number of carboxylic acid groups (broad SMARTS) is 1. The summed E-state index contributed by atoms with van der Waals surface area (Å²) >= 11 is 0. The number of nitrogens with zero attached hydrogens (tertiary/aromatic N) is 2. The molecule has 0 aromatic heterocycles. The van der Waals surface area contributed by atoms with E-state index in [0.29, 0.717) is 6.54 Å². The molecule has 0 aromatic carbocycles. The van der Waals surface area contributed by atoms with Gasteiger partial charge >= 0.3 is 12.0 Å². The number of hydrogen-bond acceptors (Lipinski definition) is 3. The molecule has 2 N–H and O–H groups in total. The Balaban J connectivity index is 2.46. The van der Waals surface area contributed by atoms with Gasteiger partial charge in [-0.2, -0.15) is 0 Å². The lowest BCUT2D eigenvalue weighted by molar-refractivity contribution is -0.141. The molecule has 2 amide bonds. The third-order valence-corrected chi connectivity index (χ3v) is 3.50. The highest BCUT2D eigenvalue weighted by atomic mass is 16.4. The molecule has 1 aliphatic rings. The number of carbonyl (C=O) groups excluding carboxylic acids is 1. The Bertz CT molecular complexity index is 309. The second-order valence-corrected chi connectivity index (χ2v) is 5.01. The van der Waals surface area contributed by atoms with Crippen LogP contribution in [-0.4, -0.2) is 66.2 Å². The van der Waals surface area contributed by atoms with Crippen LogP contribution in [0.1, 0.15) is 20.3 Å². The van der Waals surface area contributed by atoms with E-state index in [-0.39, 0.29) is 12.1 Å². The van der Waals surface area contributed by atoms with E-state index >= 15 is 0 Å². The van der Waals surface area contributed by atoms with Gasteiger partial charge in [-0.1, -0.05) is 0 Å². The molecule has 6 nitrogen and oxygen atoms in total. The Labute approximate surface area is 108 Å². The highest BCUT2D eigenvalue weighted by Crippen LogP contribution is 2.05. The van der Waals surface area contributed by atoms with Crippen LogP contribution in [0.15, 0.2) is 0 Å². The molecule has 0 aromatic rings. The van der Waals surface area contributed by atoms with Crippen molar-refractivity contribution in [1.82, 2.24) is 15.1 Å². The van der Waals surface area contributed by atoms with Gasteiger partial charge in [0, 0.05) is 25.7 Å². The van der Waals surface area contributed by atoms with E-state index in [1.807, 2.05) is 7.05 Å². The Morgan fingerprint density at radius 2 is 1.83 bits per heavy atom. The zero-order chi connectivity index (χ0) is 13.7. The van der Waals surface area contributed by atoms with E-state index in [0.717, 1.165) is 26.1 Å². The van der Waals surface area contributed by atoms with E-state index in [4.69, 9.17) is 5.11 Å². The van der Waals surface area contributed by atoms with Gasteiger partial charge in [0.2, 0.25) is 0 Å². The lowest BCUT2D eigenvalue weighted by Gasteiger charge is -2.25. The lowest BCUT2D eigenvalue weighted by Crippen LogP contribution is -2.48. The van der Waals surface area contributed by atoms with Gasteiger partial charge in [0.05, 0.1) is 5.92 Å². The van der Waals surface area contributed by atoms with Crippen LogP contribution in [0.4, 0.5) is 4.79 Å². The second-order valence-electron chi connectivity index (χ2n) is 5.01. The third-order valence-electron chi connectivity index (χ3n) is 3.50. The minimum atomic E-state index is -0.890. The Kier molecular flexibility index (Phi) is 5.40. The zero-order valence-electron chi connectivity index (χ0n) is 11.3. The van der Waals surface area contributed by atoms with Crippen molar-refractivity contribution in [2.75, 3.05) is 33.2 Å². The van der Waals surface area contributed by atoms with Crippen LogP contribution >= 0.6 is 0 Å². The van der Waals surface area contributed by atoms with Gasteiger partial charge < -0.3 is 20.2 Å². The van der Waals surface area contributed by atoms with Crippen molar-refractivity contribution in [1.29, 1.82) is 0 Å². The Morgan fingerprint density at radius 3 is 2.44 bits per heavy atom. The van der Waals surface area contributed by atoms with E-state index in [2.05, 4.69) is 10.2 Å². The van der Waals surface area contributed by atoms with Crippen molar-refractivity contribution in [2.24, 2.45) is 5.92 Å². The number of likely N-dealkylation sites (N-methyl/N-ethyl adjacent to an activating group) is 1. The first-order valence-electron chi connectivity index (χ1n) is 6.38. The van der Waals surface area contributed by atoms with Crippen LogP contribution < -0.4 is 5.32 Å². The van der Waals surface area contributed by atoms with Crippen molar-refractivity contribution in [3.05, 3.63) is 0 Å². The molecule has 2 unspecified atom stereocenters. The molecule has 1 fully saturated rings. The first-order chi connectivity index (χ1) is 8.41. The largest absolute Gasteiger partial charge is 0.481 e. The molecule has 18 heavy (non-hydrogen) atoms. The number of urea groups is 1. The molecule has 0 aliphatic carbocycles. The number of carbonyl (C=O) groups is 2. The fourth-order valence-electron chi connectivity index (χ4n) is 1.87. The number of rotatable bonds is 3. The summed E-state index contributed by atoms with van der Waals surface area (Å²) in [6, 6.07) is -0.526. The van der Waals surface area contributed by atoms with Crippen LogP contribution in [0.25, 0.3) is 0 Å². The smallest absolute Gasteiger partial charge is 0.317 e. The van der Waals surface area contributed by atoms with Crippen molar-refractivity contribution in [3.8, 4) is 0 Å². The molecule has 1 rings (SSSR count). The molecular weight excluding hydrogens is 234 g/mol.